The zero-order chi connectivity index (χ0) is 18.9. The molecule has 0 aliphatic heterocycles. The van der Waals surface area contributed by atoms with Crippen LogP contribution in [0.5, 0.6) is 0 Å². The number of guanidine groups is 1. The minimum atomic E-state index is 0.412. The van der Waals surface area contributed by atoms with Crippen LogP contribution >= 0.6 is 0 Å². The maximum Gasteiger partial charge on any atom is 0.191 e. The van der Waals surface area contributed by atoms with Gasteiger partial charge in [-0.2, -0.15) is 0 Å². The molecule has 5 heteroatoms. The number of pyridine rings is 1. The first-order valence-electron chi connectivity index (χ1n) is 9.21. The van der Waals surface area contributed by atoms with E-state index in [-0.39, 0.29) is 0 Å². The fraction of sp³-hybridized carbons (Fsp3) is 0.429. The lowest BCUT2D eigenvalue weighted by Gasteiger charge is -2.17. The van der Waals surface area contributed by atoms with Crippen molar-refractivity contribution in [2.24, 2.45) is 4.99 Å². The van der Waals surface area contributed by atoms with Gasteiger partial charge in [-0.05, 0) is 31.4 Å². The number of anilines is 1. The lowest BCUT2D eigenvalue weighted by atomic mass is 10.0. The second-order valence-electron chi connectivity index (χ2n) is 6.77. The Labute approximate surface area is 157 Å². The highest BCUT2D eigenvalue weighted by Crippen LogP contribution is 2.16. The van der Waals surface area contributed by atoms with Crippen molar-refractivity contribution in [3.63, 3.8) is 0 Å². The van der Waals surface area contributed by atoms with Gasteiger partial charge in [-0.1, -0.05) is 42.8 Å². The molecule has 2 rings (SSSR count). The first-order valence-corrected chi connectivity index (χ1v) is 9.21. The normalized spacial score (nSPS) is 12.6. The van der Waals surface area contributed by atoms with Gasteiger partial charge in [-0.3, -0.25) is 0 Å². The molecule has 0 aliphatic rings. The van der Waals surface area contributed by atoms with E-state index in [0.717, 1.165) is 30.4 Å². The Hall–Kier alpha value is -2.56. The Kier molecular flexibility index (Phi) is 7.45. The molecule has 0 saturated carbocycles. The quantitative estimate of drug-likeness (QED) is 0.592. The van der Waals surface area contributed by atoms with E-state index in [9.17, 15) is 0 Å². The van der Waals surface area contributed by atoms with Crippen molar-refractivity contribution in [2.75, 3.05) is 32.1 Å². The summed E-state index contributed by atoms with van der Waals surface area (Å²) in [6.45, 7) is 8.68. The van der Waals surface area contributed by atoms with Crippen LogP contribution in [0.3, 0.4) is 0 Å². The zero-order valence-electron chi connectivity index (χ0n) is 16.6. The molecule has 5 nitrogen and oxygen atoms in total. The van der Waals surface area contributed by atoms with Gasteiger partial charge in [-0.15, -0.1) is 0 Å². The SMILES string of the molecule is CCNC(=NCc1cccnc1N(C)C)NCC(C)c1ccc(C)cc1. The van der Waals surface area contributed by atoms with Crippen molar-refractivity contribution in [1.82, 2.24) is 15.6 Å². The van der Waals surface area contributed by atoms with Gasteiger partial charge in [0.1, 0.15) is 5.82 Å². The number of aryl methyl sites for hydroxylation is 1. The second kappa shape index (κ2) is 9.80. The predicted octanol–water partition coefficient (Wildman–Crippen LogP) is 3.31. The Morgan fingerprint density at radius 2 is 1.88 bits per heavy atom. The van der Waals surface area contributed by atoms with E-state index in [1.54, 1.807) is 0 Å². The minimum Gasteiger partial charge on any atom is -0.362 e. The number of hydrogen-bond donors (Lipinski definition) is 2. The third-order valence-electron chi connectivity index (χ3n) is 4.26. The van der Waals surface area contributed by atoms with Gasteiger partial charge in [0, 0.05) is 38.9 Å². The van der Waals surface area contributed by atoms with Crippen molar-refractivity contribution in [2.45, 2.75) is 33.2 Å². The maximum absolute atomic E-state index is 4.73. The van der Waals surface area contributed by atoms with Gasteiger partial charge in [0.05, 0.1) is 6.54 Å². The first-order chi connectivity index (χ1) is 12.5. The molecule has 140 valence electrons. The second-order valence-corrected chi connectivity index (χ2v) is 6.77. The molecule has 1 aromatic heterocycles. The van der Waals surface area contributed by atoms with E-state index in [4.69, 9.17) is 4.99 Å². The zero-order valence-corrected chi connectivity index (χ0v) is 16.6. The Morgan fingerprint density at radius 3 is 2.54 bits per heavy atom. The third kappa shape index (κ3) is 5.76. The molecule has 1 unspecified atom stereocenters. The number of hydrogen-bond acceptors (Lipinski definition) is 3. The highest BCUT2D eigenvalue weighted by molar-refractivity contribution is 5.79. The smallest absolute Gasteiger partial charge is 0.191 e. The summed E-state index contributed by atoms with van der Waals surface area (Å²) in [4.78, 5) is 11.2. The van der Waals surface area contributed by atoms with Crippen molar-refractivity contribution >= 4 is 11.8 Å². The van der Waals surface area contributed by atoms with Gasteiger partial charge < -0.3 is 15.5 Å². The predicted molar refractivity (Wildman–Crippen MR) is 111 cm³/mol. The molecule has 0 spiro atoms. The summed E-state index contributed by atoms with van der Waals surface area (Å²) in [5.74, 6) is 2.20. The molecule has 1 aromatic carbocycles. The van der Waals surface area contributed by atoms with E-state index < -0.39 is 0 Å². The topological polar surface area (TPSA) is 52.6 Å². The molecule has 2 aromatic rings. The van der Waals surface area contributed by atoms with Gasteiger partial charge in [0.15, 0.2) is 5.96 Å². The van der Waals surface area contributed by atoms with Crippen LogP contribution in [0.25, 0.3) is 0 Å². The Balaban J connectivity index is 2.01. The van der Waals surface area contributed by atoms with Gasteiger partial charge in [0.2, 0.25) is 0 Å². The average Bonchev–Trinajstić information content (AvgIpc) is 2.64. The highest BCUT2D eigenvalue weighted by atomic mass is 15.2. The summed E-state index contributed by atoms with van der Waals surface area (Å²) in [6, 6.07) is 12.8. The summed E-state index contributed by atoms with van der Waals surface area (Å²) < 4.78 is 0. The van der Waals surface area contributed by atoms with Crippen molar-refractivity contribution in [3.8, 4) is 0 Å². The molecular weight excluding hydrogens is 322 g/mol. The monoisotopic (exact) mass is 353 g/mol. The van der Waals surface area contributed by atoms with Gasteiger partial charge in [0.25, 0.3) is 0 Å². The lowest BCUT2D eigenvalue weighted by Crippen LogP contribution is -2.39. The largest absolute Gasteiger partial charge is 0.362 e. The van der Waals surface area contributed by atoms with Crippen LogP contribution in [0.15, 0.2) is 47.6 Å². The minimum absolute atomic E-state index is 0.412. The molecule has 0 saturated heterocycles. The third-order valence-corrected chi connectivity index (χ3v) is 4.26. The summed E-state index contributed by atoms with van der Waals surface area (Å²) >= 11 is 0. The van der Waals surface area contributed by atoms with Crippen LogP contribution < -0.4 is 15.5 Å². The summed E-state index contributed by atoms with van der Waals surface area (Å²) in [5.41, 5.74) is 3.74. The number of nitrogens with zero attached hydrogens (tertiary/aromatic N) is 3. The van der Waals surface area contributed by atoms with Crippen molar-refractivity contribution in [1.29, 1.82) is 0 Å². The molecule has 1 atom stereocenters. The number of aliphatic imine (C=N–C) groups is 1. The molecular formula is C21H31N5. The van der Waals surface area contributed by atoms with E-state index in [2.05, 4.69) is 66.7 Å². The molecule has 1 heterocycles. The first kappa shape index (κ1) is 19.8. The standard InChI is InChI=1S/C21H31N5/c1-6-22-21(24-14-17(3)18-11-9-16(2)10-12-18)25-15-19-8-7-13-23-20(19)26(4)5/h7-13,17H,6,14-15H2,1-5H3,(H2,22,24,25). The summed E-state index contributed by atoms with van der Waals surface area (Å²) in [6.07, 6.45) is 1.81. The lowest BCUT2D eigenvalue weighted by molar-refractivity contribution is 0.699. The molecule has 26 heavy (non-hydrogen) atoms. The Bertz CT molecular complexity index is 707. The fourth-order valence-electron chi connectivity index (χ4n) is 2.72. The van der Waals surface area contributed by atoms with Crippen LogP contribution in [0, 0.1) is 6.92 Å². The van der Waals surface area contributed by atoms with Crippen molar-refractivity contribution in [3.05, 3.63) is 59.3 Å². The van der Waals surface area contributed by atoms with Crippen LogP contribution in [0.2, 0.25) is 0 Å². The summed E-state index contributed by atoms with van der Waals surface area (Å²) in [5, 5.41) is 6.78. The number of rotatable bonds is 7. The molecule has 0 radical (unpaired) electrons. The fourth-order valence-corrected chi connectivity index (χ4v) is 2.72. The molecule has 0 fully saturated rings. The number of aromatic nitrogens is 1. The highest BCUT2D eigenvalue weighted by Gasteiger charge is 2.08. The maximum atomic E-state index is 4.73. The van der Waals surface area contributed by atoms with Crippen molar-refractivity contribution < 1.29 is 0 Å². The number of benzene rings is 1. The molecule has 0 bridgehead atoms. The molecule has 0 amide bonds. The molecule has 0 aliphatic carbocycles. The van der Waals surface area contributed by atoms with Crippen LogP contribution in [0.1, 0.15) is 36.5 Å². The average molecular weight is 354 g/mol. The van der Waals surface area contributed by atoms with E-state index in [1.807, 2.05) is 31.3 Å². The van der Waals surface area contributed by atoms with Gasteiger partial charge in [-0.25, -0.2) is 9.98 Å². The number of nitrogens with one attached hydrogen (secondary N) is 2. The molecule has 2 N–H and O–H groups in total. The van der Waals surface area contributed by atoms with Crippen LogP contribution in [0.4, 0.5) is 5.82 Å². The van der Waals surface area contributed by atoms with Crippen LogP contribution in [-0.4, -0.2) is 38.1 Å². The Morgan fingerprint density at radius 1 is 1.15 bits per heavy atom. The van der Waals surface area contributed by atoms with E-state index in [0.29, 0.717) is 12.5 Å². The van der Waals surface area contributed by atoms with Crippen LogP contribution in [-0.2, 0) is 6.54 Å². The van der Waals surface area contributed by atoms with Gasteiger partial charge >= 0.3 is 0 Å². The van der Waals surface area contributed by atoms with E-state index in [1.165, 1.54) is 11.1 Å². The van der Waals surface area contributed by atoms with E-state index >= 15 is 0 Å². The summed E-state index contributed by atoms with van der Waals surface area (Å²) in [7, 11) is 4.00.